The molecular weight excluding hydrogens is 326 g/mol. The summed E-state index contributed by atoms with van der Waals surface area (Å²) in [5.74, 6) is -0.167. The number of carbonyl (C=O) groups is 1. The number of phenols is 1. The van der Waals surface area contributed by atoms with E-state index >= 15 is 0 Å². The zero-order valence-corrected chi connectivity index (χ0v) is 13.6. The lowest BCUT2D eigenvalue weighted by atomic mass is 10.1. The molecule has 0 aliphatic rings. The Morgan fingerprint density at radius 3 is 2.76 bits per heavy atom. The van der Waals surface area contributed by atoms with Crippen molar-refractivity contribution < 1.29 is 23.8 Å². The van der Waals surface area contributed by atoms with Gasteiger partial charge in [-0.15, -0.1) is 0 Å². The fourth-order valence-electron chi connectivity index (χ4n) is 2.38. The van der Waals surface area contributed by atoms with Gasteiger partial charge in [0.1, 0.15) is 17.9 Å². The number of aromatic nitrogens is 1. The number of nitrogens with zero attached hydrogens (tertiary/aromatic N) is 1. The van der Waals surface area contributed by atoms with Crippen LogP contribution in [0.2, 0.25) is 0 Å². The van der Waals surface area contributed by atoms with E-state index in [0.717, 1.165) is 0 Å². The molecule has 0 saturated heterocycles. The molecule has 0 saturated carbocycles. The van der Waals surface area contributed by atoms with Crippen molar-refractivity contribution in [2.24, 2.45) is 0 Å². The van der Waals surface area contributed by atoms with Crippen LogP contribution in [-0.2, 0) is 11.3 Å². The Bertz CT molecular complexity index is 991. The molecule has 3 aromatic rings. The number of hydrogen-bond donors (Lipinski definition) is 1. The Balaban J connectivity index is 1.86. The first-order valence-corrected chi connectivity index (χ1v) is 7.42. The molecule has 7 heteroatoms. The van der Waals surface area contributed by atoms with Crippen molar-refractivity contribution in [1.29, 1.82) is 0 Å². The van der Waals surface area contributed by atoms with Crippen molar-refractivity contribution in [3.05, 3.63) is 63.6 Å². The first-order chi connectivity index (χ1) is 12.0. The van der Waals surface area contributed by atoms with E-state index in [4.69, 9.17) is 13.9 Å². The van der Waals surface area contributed by atoms with E-state index in [9.17, 15) is 14.7 Å². The minimum absolute atomic E-state index is 0.0223. The Hall–Kier alpha value is -3.35. The minimum Gasteiger partial charge on any atom is -0.508 e. The van der Waals surface area contributed by atoms with Crippen LogP contribution >= 0.6 is 0 Å². The maximum Gasteiger partial charge on any atom is 0.340 e. The Labute approximate surface area is 142 Å². The number of hydrogen-bond acceptors (Lipinski definition) is 7. The fourth-order valence-corrected chi connectivity index (χ4v) is 2.38. The highest BCUT2D eigenvalue weighted by Gasteiger charge is 2.13. The molecule has 1 aromatic carbocycles. The summed E-state index contributed by atoms with van der Waals surface area (Å²) in [6.07, 6.45) is 1.35. The quantitative estimate of drug-likeness (QED) is 0.575. The number of carbonyl (C=O) groups excluding carboxylic acids is 1. The molecule has 0 aliphatic carbocycles. The molecule has 128 valence electrons. The van der Waals surface area contributed by atoms with Crippen LogP contribution in [0.25, 0.3) is 11.0 Å². The summed E-state index contributed by atoms with van der Waals surface area (Å²) in [6, 6.07) is 7.45. The Kier molecular flexibility index (Phi) is 4.38. The maximum atomic E-state index is 12.1. The van der Waals surface area contributed by atoms with E-state index in [0.29, 0.717) is 22.4 Å². The van der Waals surface area contributed by atoms with Gasteiger partial charge in [0.2, 0.25) is 5.88 Å². The van der Waals surface area contributed by atoms with Gasteiger partial charge in [-0.05, 0) is 25.1 Å². The second-order valence-electron chi connectivity index (χ2n) is 5.34. The predicted octanol–water partition coefficient (Wildman–Crippen LogP) is 2.57. The molecule has 0 atom stereocenters. The number of phenolic OH excluding ortho intramolecular Hbond substituents is 1. The van der Waals surface area contributed by atoms with E-state index in [-0.39, 0.29) is 23.5 Å². The molecule has 3 rings (SSSR count). The zero-order chi connectivity index (χ0) is 18.0. The number of methoxy groups -OCH3 is 1. The van der Waals surface area contributed by atoms with Crippen LogP contribution in [0.15, 0.2) is 45.7 Å². The smallest absolute Gasteiger partial charge is 0.340 e. The van der Waals surface area contributed by atoms with Crippen molar-refractivity contribution in [3.8, 4) is 11.6 Å². The van der Waals surface area contributed by atoms with Gasteiger partial charge in [0.25, 0.3) is 0 Å². The Morgan fingerprint density at radius 1 is 1.28 bits per heavy atom. The van der Waals surface area contributed by atoms with E-state index in [1.165, 1.54) is 31.5 Å². The van der Waals surface area contributed by atoms with Crippen molar-refractivity contribution in [2.75, 3.05) is 7.11 Å². The van der Waals surface area contributed by atoms with Crippen LogP contribution < -0.4 is 10.4 Å². The monoisotopic (exact) mass is 341 g/mol. The molecule has 2 heterocycles. The van der Waals surface area contributed by atoms with Crippen LogP contribution in [0, 0.1) is 6.92 Å². The first kappa shape index (κ1) is 16.5. The molecule has 7 nitrogen and oxygen atoms in total. The van der Waals surface area contributed by atoms with Gasteiger partial charge in [-0.25, -0.2) is 14.6 Å². The minimum atomic E-state index is -0.585. The summed E-state index contributed by atoms with van der Waals surface area (Å²) < 4.78 is 15.3. The summed E-state index contributed by atoms with van der Waals surface area (Å²) in [6.45, 7) is 1.52. The average Bonchev–Trinajstić information content (AvgIpc) is 2.63. The largest absolute Gasteiger partial charge is 0.508 e. The topological polar surface area (TPSA) is 98.9 Å². The molecule has 25 heavy (non-hydrogen) atoms. The number of fused-ring (bicyclic) bond motifs is 1. The second kappa shape index (κ2) is 6.64. The number of ether oxygens (including phenoxy) is 2. The summed E-state index contributed by atoms with van der Waals surface area (Å²) in [5.41, 5.74) is 0.885. The molecule has 0 radical (unpaired) electrons. The zero-order valence-electron chi connectivity index (χ0n) is 13.6. The first-order valence-electron chi connectivity index (χ1n) is 7.42. The van der Waals surface area contributed by atoms with E-state index in [2.05, 4.69) is 4.98 Å². The standard InChI is InChI=1S/C18H15NO6/c1-10-14(20)5-4-13-12(7-16(21)25-17(10)13)9-24-18(22)11-3-6-15(23-2)19-8-11/h3-8,20H,9H2,1-2H3. The molecular formula is C18H15NO6. The number of rotatable bonds is 4. The predicted molar refractivity (Wildman–Crippen MR) is 88.8 cm³/mol. The third kappa shape index (κ3) is 3.30. The summed E-state index contributed by atoms with van der Waals surface area (Å²) in [5, 5.41) is 10.3. The van der Waals surface area contributed by atoms with E-state index in [1.807, 2.05) is 0 Å². The van der Waals surface area contributed by atoms with Crippen LogP contribution in [0.4, 0.5) is 0 Å². The fraction of sp³-hybridized carbons (Fsp3) is 0.167. The third-order valence-corrected chi connectivity index (χ3v) is 3.76. The summed E-state index contributed by atoms with van der Waals surface area (Å²) >= 11 is 0. The number of esters is 1. The lowest BCUT2D eigenvalue weighted by Crippen LogP contribution is -2.08. The van der Waals surface area contributed by atoms with Gasteiger partial charge in [0.05, 0.1) is 12.7 Å². The van der Waals surface area contributed by atoms with Crippen molar-refractivity contribution >= 4 is 16.9 Å². The van der Waals surface area contributed by atoms with Gasteiger partial charge < -0.3 is 19.0 Å². The van der Waals surface area contributed by atoms with Gasteiger partial charge in [0.15, 0.2) is 0 Å². The van der Waals surface area contributed by atoms with Crippen LogP contribution in [0.1, 0.15) is 21.5 Å². The van der Waals surface area contributed by atoms with Crippen molar-refractivity contribution in [3.63, 3.8) is 0 Å². The second-order valence-corrected chi connectivity index (χ2v) is 5.34. The van der Waals surface area contributed by atoms with Crippen molar-refractivity contribution in [1.82, 2.24) is 4.98 Å². The van der Waals surface area contributed by atoms with Gasteiger partial charge in [-0.1, -0.05) is 0 Å². The van der Waals surface area contributed by atoms with Crippen LogP contribution in [0.3, 0.4) is 0 Å². The van der Waals surface area contributed by atoms with Gasteiger partial charge >= 0.3 is 11.6 Å². The molecule has 1 N–H and O–H groups in total. The van der Waals surface area contributed by atoms with E-state index < -0.39 is 11.6 Å². The molecule has 0 bridgehead atoms. The van der Waals surface area contributed by atoms with Gasteiger partial charge in [-0.2, -0.15) is 0 Å². The van der Waals surface area contributed by atoms with E-state index in [1.54, 1.807) is 19.1 Å². The number of aromatic hydroxyl groups is 1. The Morgan fingerprint density at radius 2 is 2.08 bits per heavy atom. The van der Waals surface area contributed by atoms with Gasteiger partial charge in [-0.3, -0.25) is 0 Å². The number of aryl methyl sites for hydroxylation is 1. The number of pyridine rings is 1. The maximum absolute atomic E-state index is 12.1. The lowest BCUT2D eigenvalue weighted by Gasteiger charge is -2.09. The van der Waals surface area contributed by atoms with Crippen molar-refractivity contribution in [2.45, 2.75) is 13.5 Å². The highest BCUT2D eigenvalue weighted by atomic mass is 16.5. The summed E-state index contributed by atoms with van der Waals surface area (Å²) in [4.78, 5) is 27.8. The molecule has 0 aliphatic heterocycles. The van der Waals surface area contributed by atoms with Crippen LogP contribution in [0.5, 0.6) is 11.6 Å². The summed E-state index contributed by atoms with van der Waals surface area (Å²) in [7, 11) is 1.48. The molecule has 0 unspecified atom stereocenters. The molecule has 2 aromatic heterocycles. The SMILES string of the molecule is COc1ccc(C(=O)OCc2cc(=O)oc3c(C)c(O)ccc23)cn1. The van der Waals surface area contributed by atoms with Crippen LogP contribution in [-0.4, -0.2) is 23.2 Å². The molecule has 0 amide bonds. The average molecular weight is 341 g/mol. The number of benzene rings is 1. The highest BCUT2D eigenvalue weighted by molar-refractivity contribution is 5.89. The highest BCUT2D eigenvalue weighted by Crippen LogP contribution is 2.27. The van der Waals surface area contributed by atoms with Gasteiger partial charge in [0, 0.05) is 34.8 Å². The molecule has 0 spiro atoms. The third-order valence-electron chi connectivity index (χ3n) is 3.76. The molecule has 0 fully saturated rings. The lowest BCUT2D eigenvalue weighted by molar-refractivity contribution is 0.0473. The normalized spacial score (nSPS) is 10.6.